The van der Waals surface area contributed by atoms with Gasteiger partial charge in [0.05, 0.1) is 11.6 Å². The van der Waals surface area contributed by atoms with Gasteiger partial charge in [-0.05, 0) is 31.2 Å². The number of aromatic nitrogens is 2. The first-order valence-electron chi connectivity index (χ1n) is 6.16. The summed E-state index contributed by atoms with van der Waals surface area (Å²) in [6.07, 6.45) is 0. The first-order chi connectivity index (χ1) is 9.18. The van der Waals surface area contributed by atoms with Gasteiger partial charge in [-0.1, -0.05) is 24.3 Å². The molecule has 4 heteroatoms. The minimum atomic E-state index is -0.325. The Bertz CT molecular complexity index is 717. The molecule has 3 aromatic rings. The van der Waals surface area contributed by atoms with Crippen LogP contribution in [0.15, 0.2) is 48.5 Å². The lowest BCUT2D eigenvalue weighted by atomic mass is 10.2. The van der Waals surface area contributed by atoms with Crippen LogP contribution in [0.1, 0.15) is 18.8 Å². The second-order valence-corrected chi connectivity index (χ2v) is 4.54. The summed E-state index contributed by atoms with van der Waals surface area (Å²) in [7, 11) is 0. The molecule has 0 bridgehead atoms. The predicted molar refractivity (Wildman–Crippen MR) is 73.6 cm³/mol. The molecular weight excluding hydrogens is 241 g/mol. The molecule has 2 N–H and O–H groups in total. The Morgan fingerprint density at radius 2 is 1.84 bits per heavy atom. The third-order valence-corrected chi connectivity index (χ3v) is 3.08. The molecular formula is C15H14FN3. The molecule has 96 valence electrons. The number of rotatable bonds is 2. The van der Waals surface area contributed by atoms with Crippen LogP contribution in [0.3, 0.4) is 0 Å². The van der Waals surface area contributed by atoms with Crippen LogP contribution in [-0.2, 0) is 0 Å². The maximum Gasteiger partial charge on any atom is 0.151 e. The van der Waals surface area contributed by atoms with Crippen LogP contribution in [0.2, 0.25) is 0 Å². The Labute approximate surface area is 110 Å². The van der Waals surface area contributed by atoms with Gasteiger partial charge in [-0.2, -0.15) is 0 Å². The van der Waals surface area contributed by atoms with Crippen LogP contribution in [0.25, 0.3) is 16.7 Å². The van der Waals surface area contributed by atoms with Crippen LogP contribution >= 0.6 is 0 Å². The van der Waals surface area contributed by atoms with Gasteiger partial charge >= 0.3 is 0 Å². The zero-order valence-electron chi connectivity index (χ0n) is 10.5. The fourth-order valence-electron chi connectivity index (χ4n) is 2.24. The van der Waals surface area contributed by atoms with Crippen molar-refractivity contribution in [1.82, 2.24) is 9.55 Å². The van der Waals surface area contributed by atoms with Crippen molar-refractivity contribution in [2.24, 2.45) is 5.73 Å². The molecule has 1 aromatic heterocycles. The van der Waals surface area contributed by atoms with E-state index in [1.54, 1.807) is 6.07 Å². The second-order valence-electron chi connectivity index (χ2n) is 4.54. The van der Waals surface area contributed by atoms with E-state index in [1.165, 1.54) is 6.07 Å². The maximum absolute atomic E-state index is 13.8. The van der Waals surface area contributed by atoms with Crippen molar-refractivity contribution in [1.29, 1.82) is 0 Å². The van der Waals surface area contributed by atoms with E-state index in [1.807, 2.05) is 47.9 Å². The monoisotopic (exact) mass is 255 g/mol. The molecule has 3 nitrogen and oxygen atoms in total. The first kappa shape index (κ1) is 11.9. The van der Waals surface area contributed by atoms with E-state index >= 15 is 0 Å². The average molecular weight is 255 g/mol. The molecule has 0 aliphatic carbocycles. The predicted octanol–water partition coefficient (Wildman–Crippen LogP) is 3.18. The fraction of sp³-hybridized carbons (Fsp3) is 0.133. The molecule has 19 heavy (non-hydrogen) atoms. The van der Waals surface area contributed by atoms with Crippen LogP contribution in [0.5, 0.6) is 0 Å². The molecule has 0 aliphatic heterocycles. The van der Waals surface area contributed by atoms with Crippen molar-refractivity contribution < 1.29 is 4.39 Å². The zero-order chi connectivity index (χ0) is 13.4. The molecule has 0 saturated heterocycles. The smallest absolute Gasteiger partial charge is 0.151 e. The Balaban J connectivity index is 2.38. The summed E-state index contributed by atoms with van der Waals surface area (Å²) in [6, 6.07) is 14.4. The second kappa shape index (κ2) is 4.48. The standard InChI is InChI=1S/C15H14FN3/c1-10(17)15-18-14-12(16)8-5-9-13(14)19(15)11-6-3-2-4-7-11/h2-10H,17H2,1H3. The van der Waals surface area contributed by atoms with Gasteiger partial charge in [0.2, 0.25) is 0 Å². The van der Waals surface area contributed by atoms with Crippen molar-refractivity contribution in [2.45, 2.75) is 13.0 Å². The molecule has 0 spiro atoms. The lowest BCUT2D eigenvalue weighted by Crippen LogP contribution is -2.12. The van der Waals surface area contributed by atoms with E-state index in [2.05, 4.69) is 4.98 Å². The maximum atomic E-state index is 13.8. The van der Waals surface area contributed by atoms with Crippen LogP contribution in [0.4, 0.5) is 4.39 Å². The summed E-state index contributed by atoms with van der Waals surface area (Å²) in [5.74, 6) is 0.334. The van der Waals surface area contributed by atoms with Gasteiger partial charge in [0.1, 0.15) is 11.3 Å². The van der Waals surface area contributed by atoms with Gasteiger partial charge in [-0.3, -0.25) is 4.57 Å². The van der Waals surface area contributed by atoms with Crippen LogP contribution < -0.4 is 5.73 Å². The number of hydrogen-bond acceptors (Lipinski definition) is 2. The van der Waals surface area contributed by atoms with E-state index in [-0.39, 0.29) is 11.9 Å². The van der Waals surface area contributed by atoms with Crippen molar-refractivity contribution in [3.8, 4) is 5.69 Å². The molecule has 2 aromatic carbocycles. The van der Waals surface area contributed by atoms with Crippen molar-refractivity contribution >= 4 is 11.0 Å². The van der Waals surface area contributed by atoms with Gasteiger partial charge in [0.25, 0.3) is 0 Å². The summed E-state index contributed by atoms with van der Waals surface area (Å²) in [6.45, 7) is 1.85. The van der Waals surface area contributed by atoms with E-state index < -0.39 is 0 Å². The minimum absolute atomic E-state index is 0.271. The lowest BCUT2D eigenvalue weighted by Gasteiger charge is -2.11. The Hall–Kier alpha value is -2.20. The Morgan fingerprint density at radius 1 is 1.11 bits per heavy atom. The molecule has 3 rings (SSSR count). The van der Waals surface area contributed by atoms with E-state index in [9.17, 15) is 4.39 Å². The van der Waals surface area contributed by atoms with Gasteiger partial charge in [0, 0.05) is 5.69 Å². The van der Waals surface area contributed by atoms with Gasteiger partial charge in [-0.25, -0.2) is 9.37 Å². The highest BCUT2D eigenvalue weighted by Gasteiger charge is 2.17. The number of nitrogens with two attached hydrogens (primary N) is 1. The summed E-state index contributed by atoms with van der Waals surface area (Å²) >= 11 is 0. The molecule has 0 fully saturated rings. The quantitative estimate of drug-likeness (QED) is 0.764. The summed E-state index contributed by atoms with van der Waals surface area (Å²) in [5.41, 5.74) is 7.99. The molecule has 1 unspecified atom stereocenters. The first-order valence-corrected chi connectivity index (χ1v) is 6.16. The number of imidazole rings is 1. The van der Waals surface area contributed by atoms with E-state index in [0.29, 0.717) is 11.3 Å². The number of halogens is 1. The molecule has 0 amide bonds. The van der Waals surface area contributed by atoms with Gasteiger partial charge < -0.3 is 5.73 Å². The molecule has 0 aliphatic rings. The number of nitrogens with zero attached hydrogens (tertiary/aromatic N) is 2. The SMILES string of the molecule is CC(N)c1nc2c(F)cccc2n1-c1ccccc1. The molecule has 1 atom stereocenters. The molecule has 1 heterocycles. The number of para-hydroxylation sites is 2. The van der Waals surface area contributed by atoms with Gasteiger partial charge in [-0.15, -0.1) is 0 Å². The highest BCUT2D eigenvalue weighted by Crippen LogP contribution is 2.25. The van der Waals surface area contributed by atoms with Crippen molar-refractivity contribution in [2.75, 3.05) is 0 Å². The number of benzene rings is 2. The highest BCUT2D eigenvalue weighted by molar-refractivity contribution is 5.79. The largest absolute Gasteiger partial charge is 0.322 e. The van der Waals surface area contributed by atoms with Crippen molar-refractivity contribution in [3.63, 3.8) is 0 Å². The van der Waals surface area contributed by atoms with Crippen molar-refractivity contribution in [3.05, 3.63) is 60.2 Å². The molecule has 0 saturated carbocycles. The van der Waals surface area contributed by atoms with Gasteiger partial charge in [0.15, 0.2) is 5.82 Å². The minimum Gasteiger partial charge on any atom is -0.322 e. The van der Waals surface area contributed by atoms with E-state index in [4.69, 9.17) is 5.73 Å². The zero-order valence-corrected chi connectivity index (χ0v) is 10.5. The van der Waals surface area contributed by atoms with Crippen LogP contribution in [0, 0.1) is 5.82 Å². The van der Waals surface area contributed by atoms with Crippen LogP contribution in [-0.4, -0.2) is 9.55 Å². The Morgan fingerprint density at radius 3 is 2.53 bits per heavy atom. The topological polar surface area (TPSA) is 43.8 Å². The Kier molecular flexibility index (Phi) is 2.80. The normalized spacial score (nSPS) is 12.8. The number of fused-ring (bicyclic) bond motifs is 1. The fourth-order valence-corrected chi connectivity index (χ4v) is 2.24. The third-order valence-electron chi connectivity index (χ3n) is 3.08. The highest BCUT2D eigenvalue weighted by atomic mass is 19.1. The third kappa shape index (κ3) is 1.90. The number of hydrogen-bond donors (Lipinski definition) is 1. The van der Waals surface area contributed by atoms with E-state index in [0.717, 1.165) is 11.2 Å². The summed E-state index contributed by atoms with van der Waals surface area (Å²) in [5, 5.41) is 0. The average Bonchev–Trinajstić information content (AvgIpc) is 2.81. The summed E-state index contributed by atoms with van der Waals surface area (Å²) in [4.78, 5) is 4.35. The summed E-state index contributed by atoms with van der Waals surface area (Å²) < 4.78 is 15.7. The lowest BCUT2D eigenvalue weighted by molar-refractivity contribution is 0.636. The molecule has 0 radical (unpaired) electrons.